The highest BCUT2D eigenvalue weighted by atomic mass is 79.9. The molecule has 2 rings (SSSR count). The molecule has 4 nitrogen and oxygen atoms in total. The van der Waals surface area contributed by atoms with Gasteiger partial charge in [0, 0.05) is 15.0 Å². The van der Waals surface area contributed by atoms with Crippen LogP contribution in [0.5, 0.6) is 0 Å². The van der Waals surface area contributed by atoms with Gasteiger partial charge in [0.1, 0.15) is 0 Å². The van der Waals surface area contributed by atoms with Gasteiger partial charge in [-0.25, -0.2) is 13.6 Å². The third-order valence-corrected chi connectivity index (χ3v) is 6.02. The summed E-state index contributed by atoms with van der Waals surface area (Å²) in [6, 6.07) is 7.23. The van der Waals surface area contributed by atoms with E-state index in [9.17, 15) is 8.42 Å². The molecule has 0 bridgehead atoms. The number of nitrogens with one attached hydrogen (secondary N) is 1. The molecule has 0 saturated heterocycles. The molecule has 0 aliphatic carbocycles. The molecule has 0 radical (unpaired) electrons. The number of rotatable bonds is 4. The predicted octanol–water partition coefficient (Wildman–Crippen LogP) is 3.64. The molecule has 20 heavy (non-hydrogen) atoms. The number of hydrogen-bond acceptors (Lipinski definition) is 4. The largest absolute Gasteiger partial charge is 0.378 e. The van der Waals surface area contributed by atoms with Crippen LogP contribution in [-0.4, -0.2) is 8.42 Å². The molecule has 0 aliphatic rings. The lowest BCUT2D eigenvalue weighted by atomic mass is 10.2. The minimum Gasteiger partial charge on any atom is -0.378 e. The Morgan fingerprint density at radius 2 is 2.05 bits per heavy atom. The standard InChI is InChI=1S/C13H15BrN2O2S2/c1-8-3-4-10(7-12(8)20(15,17)18)16-9(2)13-11(14)5-6-19-13/h3-7,9,16H,1-2H3,(H2,15,17,18). The Kier molecular flexibility index (Phi) is 4.53. The molecule has 1 unspecified atom stereocenters. The number of nitrogens with two attached hydrogens (primary N) is 1. The van der Waals surface area contributed by atoms with Gasteiger partial charge in [-0.15, -0.1) is 11.3 Å². The molecule has 1 aromatic heterocycles. The number of hydrogen-bond donors (Lipinski definition) is 2. The summed E-state index contributed by atoms with van der Waals surface area (Å²) in [6.45, 7) is 3.75. The molecular formula is C13H15BrN2O2S2. The molecule has 0 saturated carbocycles. The van der Waals surface area contributed by atoms with Gasteiger partial charge in [-0.1, -0.05) is 6.07 Å². The van der Waals surface area contributed by atoms with E-state index in [-0.39, 0.29) is 10.9 Å². The van der Waals surface area contributed by atoms with Crippen LogP contribution >= 0.6 is 27.3 Å². The minimum atomic E-state index is -3.70. The lowest BCUT2D eigenvalue weighted by Crippen LogP contribution is -2.14. The van der Waals surface area contributed by atoms with E-state index in [1.54, 1.807) is 30.4 Å². The Hall–Kier alpha value is -0.890. The van der Waals surface area contributed by atoms with Crippen molar-refractivity contribution in [2.24, 2.45) is 5.14 Å². The first-order chi connectivity index (χ1) is 9.29. The SMILES string of the molecule is Cc1ccc(NC(C)c2sccc2Br)cc1S(N)(=O)=O. The number of aryl methyl sites for hydroxylation is 1. The minimum absolute atomic E-state index is 0.0698. The van der Waals surface area contributed by atoms with Crippen molar-refractivity contribution in [3.8, 4) is 0 Å². The smallest absolute Gasteiger partial charge is 0.238 e. The van der Waals surface area contributed by atoms with E-state index >= 15 is 0 Å². The zero-order valence-corrected chi connectivity index (χ0v) is 14.3. The van der Waals surface area contributed by atoms with Crippen LogP contribution in [0, 0.1) is 6.92 Å². The second-order valence-corrected chi connectivity index (χ2v) is 7.86. The molecule has 7 heteroatoms. The van der Waals surface area contributed by atoms with Crippen LogP contribution in [0.4, 0.5) is 5.69 Å². The Balaban J connectivity index is 2.29. The monoisotopic (exact) mass is 374 g/mol. The zero-order chi connectivity index (χ0) is 14.9. The first-order valence-corrected chi connectivity index (χ1v) is 9.14. The summed E-state index contributed by atoms with van der Waals surface area (Å²) in [5, 5.41) is 10.5. The molecular weight excluding hydrogens is 360 g/mol. The molecule has 0 aliphatic heterocycles. The maximum atomic E-state index is 11.5. The van der Waals surface area contributed by atoms with Crippen molar-refractivity contribution < 1.29 is 8.42 Å². The van der Waals surface area contributed by atoms with Crippen molar-refractivity contribution in [3.63, 3.8) is 0 Å². The van der Waals surface area contributed by atoms with Gasteiger partial charge in [0.05, 0.1) is 10.9 Å². The summed E-state index contributed by atoms with van der Waals surface area (Å²) in [5.41, 5.74) is 1.37. The van der Waals surface area contributed by atoms with Gasteiger partial charge in [0.25, 0.3) is 0 Å². The summed E-state index contributed by atoms with van der Waals surface area (Å²) < 4.78 is 24.1. The summed E-state index contributed by atoms with van der Waals surface area (Å²) in [7, 11) is -3.70. The summed E-state index contributed by atoms with van der Waals surface area (Å²) in [4.78, 5) is 1.31. The number of sulfonamides is 1. The lowest BCUT2D eigenvalue weighted by Gasteiger charge is -2.16. The normalized spacial score (nSPS) is 13.2. The Morgan fingerprint density at radius 3 is 2.60 bits per heavy atom. The number of anilines is 1. The van der Waals surface area contributed by atoms with Crippen LogP contribution in [0.1, 0.15) is 23.4 Å². The Morgan fingerprint density at radius 1 is 1.35 bits per heavy atom. The maximum Gasteiger partial charge on any atom is 0.238 e. The van der Waals surface area contributed by atoms with E-state index in [0.717, 1.165) is 15.0 Å². The van der Waals surface area contributed by atoms with Crippen molar-refractivity contribution in [2.75, 3.05) is 5.32 Å². The van der Waals surface area contributed by atoms with Gasteiger partial charge in [-0.3, -0.25) is 0 Å². The quantitative estimate of drug-likeness (QED) is 0.857. The number of primary sulfonamides is 1. The van der Waals surface area contributed by atoms with Crippen molar-refractivity contribution >= 4 is 43.0 Å². The number of halogens is 1. The molecule has 1 aromatic carbocycles. The van der Waals surface area contributed by atoms with Crippen molar-refractivity contribution in [3.05, 3.63) is 44.6 Å². The van der Waals surface area contributed by atoms with Crippen LogP contribution in [0.3, 0.4) is 0 Å². The third kappa shape index (κ3) is 3.41. The molecule has 3 N–H and O–H groups in total. The average molecular weight is 375 g/mol. The van der Waals surface area contributed by atoms with Gasteiger partial charge >= 0.3 is 0 Å². The van der Waals surface area contributed by atoms with E-state index in [0.29, 0.717) is 5.56 Å². The highest BCUT2D eigenvalue weighted by molar-refractivity contribution is 9.10. The number of thiophene rings is 1. The van der Waals surface area contributed by atoms with Crippen LogP contribution in [0.25, 0.3) is 0 Å². The fourth-order valence-corrected chi connectivity index (χ4v) is 4.46. The number of benzene rings is 1. The molecule has 1 atom stereocenters. The summed E-state index contributed by atoms with van der Waals surface area (Å²) in [5.74, 6) is 0. The highest BCUT2D eigenvalue weighted by Crippen LogP contribution is 2.31. The Labute approximate surface area is 131 Å². The van der Waals surface area contributed by atoms with Crippen LogP contribution in [0.15, 0.2) is 39.0 Å². The molecule has 108 valence electrons. The van der Waals surface area contributed by atoms with Crippen molar-refractivity contribution in [1.82, 2.24) is 0 Å². The van der Waals surface area contributed by atoms with E-state index in [2.05, 4.69) is 21.2 Å². The first-order valence-electron chi connectivity index (χ1n) is 5.92. The highest BCUT2D eigenvalue weighted by Gasteiger charge is 2.14. The summed E-state index contributed by atoms with van der Waals surface area (Å²) >= 11 is 5.13. The van der Waals surface area contributed by atoms with Gasteiger partial charge in [0.15, 0.2) is 0 Å². The molecule has 1 heterocycles. The van der Waals surface area contributed by atoms with E-state index < -0.39 is 10.0 Å². The third-order valence-electron chi connectivity index (χ3n) is 2.92. The van der Waals surface area contributed by atoms with Gasteiger partial charge in [-0.05, 0) is 58.9 Å². The molecule has 0 fully saturated rings. The van der Waals surface area contributed by atoms with Crippen molar-refractivity contribution in [1.29, 1.82) is 0 Å². The molecule has 0 amide bonds. The van der Waals surface area contributed by atoms with Crippen LogP contribution < -0.4 is 10.5 Å². The topological polar surface area (TPSA) is 72.2 Å². The lowest BCUT2D eigenvalue weighted by molar-refractivity contribution is 0.597. The Bertz CT molecular complexity index is 726. The van der Waals surface area contributed by atoms with E-state index in [1.807, 2.05) is 24.4 Å². The van der Waals surface area contributed by atoms with Gasteiger partial charge in [-0.2, -0.15) is 0 Å². The molecule has 2 aromatic rings. The van der Waals surface area contributed by atoms with Crippen LogP contribution in [0.2, 0.25) is 0 Å². The maximum absolute atomic E-state index is 11.5. The van der Waals surface area contributed by atoms with Crippen molar-refractivity contribution in [2.45, 2.75) is 24.8 Å². The fourth-order valence-electron chi connectivity index (χ4n) is 1.93. The van der Waals surface area contributed by atoms with E-state index in [4.69, 9.17) is 5.14 Å². The zero-order valence-electron chi connectivity index (χ0n) is 11.1. The summed E-state index contributed by atoms with van der Waals surface area (Å²) in [6.07, 6.45) is 0. The van der Waals surface area contributed by atoms with Crippen LogP contribution in [-0.2, 0) is 10.0 Å². The second kappa shape index (κ2) is 5.85. The average Bonchev–Trinajstić information content (AvgIpc) is 2.76. The second-order valence-electron chi connectivity index (χ2n) is 4.52. The predicted molar refractivity (Wildman–Crippen MR) is 86.6 cm³/mol. The first kappa shape index (κ1) is 15.5. The van der Waals surface area contributed by atoms with E-state index in [1.165, 1.54) is 0 Å². The molecule has 0 spiro atoms. The van der Waals surface area contributed by atoms with Gasteiger partial charge in [0.2, 0.25) is 10.0 Å². The van der Waals surface area contributed by atoms with Gasteiger partial charge < -0.3 is 5.32 Å². The fraction of sp³-hybridized carbons (Fsp3) is 0.231.